The molecule has 0 saturated carbocycles. The van der Waals surface area contributed by atoms with Gasteiger partial charge >= 0.3 is 0 Å². The Morgan fingerprint density at radius 1 is 1.79 bits per heavy atom. The largest absolute Gasteiger partial charge is 0.393 e. The standard InChI is InChI=1S/C9H15N3O2/c1-7(13)4-6-12(2)9(14)8-3-5-10-11-8/h3,5,7,13H,4,6H2,1-2H3,(H,10,11). The van der Waals surface area contributed by atoms with Crippen LogP contribution in [0.5, 0.6) is 0 Å². The molecule has 0 spiro atoms. The molecule has 14 heavy (non-hydrogen) atoms. The summed E-state index contributed by atoms with van der Waals surface area (Å²) >= 11 is 0. The van der Waals surface area contributed by atoms with E-state index in [1.807, 2.05) is 0 Å². The molecule has 5 heteroatoms. The Kier molecular flexibility index (Phi) is 3.64. The van der Waals surface area contributed by atoms with E-state index in [9.17, 15) is 4.79 Å². The number of carbonyl (C=O) groups excluding carboxylic acids is 1. The summed E-state index contributed by atoms with van der Waals surface area (Å²) in [5.74, 6) is -0.108. The Balaban J connectivity index is 2.45. The van der Waals surface area contributed by atoms with Crippen LogP contribution in [-0.2, 0) is 0 Å². The Hall–Kier alpha value is -1.36. The molecular formula is C9H15N3O2. The second-order valence-corrected chi connectivity index (χ2v) is 3.33. The third-order valence-electron chi connectivity index (χ3n) is 1.96. The number of nitrogens with one attached hydrogen (secondary N) is 1. The van der Waals surface area contributed by atoms with Crippen LogP contribution in [0.1, 0.15) is 23.8 Å². The van der Waals surface area contributed by atoms with Gasteiger partial charge in [0.05, 0.1) is 6.10 Å². The quantitative estimate of drug-likeness (QED) is 0.727. The highest BCUT2D eigenvalue weighted by molar-refractivity contribution is 5.91. The first-order chi connectivity index (χ1) is 6.61. The number of aliphatic hydroxyl groups excluding tert-OH is 1. The van der Waals surface area contributed by atoms with Crippen LogP contribution in [-0.4, -0.2) is 45.8 Å². The molecule has 2 N–H and O–H groups in total. The Morgan fingerprint density at radius 2 is 2.50 bits per heavy atom. The van der Waals surface area contributed by atoms with Crippen molar-refractivity contribution < 1.29 is 9.90 Å². The van der Waals surface area contributed by atoms with E-state index >= 15 is 0 Å². The van der Waals surface area contributed by atoms with Crippen LogP contribution in [0.2, 0.25) is 0 Å². The van der Waals surface area contributed by atoms with E-state index in [0.717, 1.165) is 0 Å². The van der Waals surface area contributed by atoms with Gasteiger partial charge in [-0.15, -0.1) is 0 Å². The minimum Gasteiger partial charge on any atom is -0.393 e. The summed E-state index contributed by atoms with van der Waals surface area (Å²) in [5, 5.41) is 15.4. The maximum Gasteiger partial charge on any atom is 0.271 e. The number of hydrogen-bond acceptors (Lipinski definition) is 3. The van der Waals surface area contributed by atoms with E-state index < -0.39 is 0 Å². The first kappa shape index (κ1) is 10.7. The van der Waals surface area contributed by atoms with E-state index in [-0.39, 0.29) is 12.0 Å². The number of nitrogens with zero attached hydrogens (tertiary/aromatic N) is 2. The van der Waals surface area contributed by atoms with Gasteiger partial charge in [0, 0.05) is 19.8 Å². The van der Waals surface area contributed by atoms with Crippen LogP contribution in [0.25, 0.3) is 0 Å². The average molecular weight is 197 g/mol. The van der Waals surface area contributed by atoms with Gasteiger partial charge in [-0.1, -0.05) is 0 Å². The normalized spacial score (nSPS) is 12.5. The lowest BCUT2D eigenvalue weighted by atomic mass is 10.2. The number of H-pyrrole nitrogens is 1. The predicted molar refractivity (Wildman–Crippen MR) is 51.8 cm³/mol. The van der Waals surface area contributed by atoms with Crippen LogP contribution >= 0.6 is 0 Å². The van der Waals surface area contributed by atoms with E-state index in [4.69, 9.17) is 5.11 Å². The van der Waals surface area contributed by atoms with E-state index in [1.54, 1.807) is 24.9 Å². The predicted octanol–water partition coefficient (Wildman–Crippen LogP) is 0.253. The van der Waals surface area contributed by atoms with Gasteiger partial charge in [0.15, 0.2) is 0 Å². The number of carbonyl (C=O) groups is 1. The van der Waals surface area contributed by atoms with Gasteiger partial charge in [0.1, 0.15) is 5.69 Å². The van der Waals surface area contributed by atoms with Crippen LogP contribution in [0, 0.1) is 0 Å². The first-order valence-electron chi connectivity index (χ1n) is 4.54. The lowest BCUT2D eigenvalue weighted by Gasteiger charge is -2.16. The molecule has 0 radical (unpaired) electrons. The van der Waals surface area contributed by atoms with Crippen LogP contribution in [0.15, 0.2) is 12.3 Å². The molecule has 0 aromatic carbocycles. The van der Waals surface area contributed by atoms with E-state index in [1.165, 1.54) is 6.20 Å². The van der Waals surface area contributed by atoms with Gasteiger partial charge in [0.2, 0.25) is 0 Å². The smallest absolute Gasteiger partial charge is 0.271 e. The second kappa shape index (κ2) is 4.76. The van der Waals surface area contributed by atoms with E-state index in [2.05, 4.69) is 10.2 Å². The number of aromatic amines is 1. The molecule has 1 heterocycles. The van der Waals surface area contributed by atoms with Gasteiger partial charge in [-0.3, -0.25) is 9.89 Å². The molecule has 0 fully saturated rings. The topological polar surface area (TPSA) is 69.2 Å². The van der Waals surface area contributed by atoms with Crippen LogP contribution in [0.4, 0.5) is 0 Å². The van der Waals surface area contributed by atoms with Crippen LogP contribution < -0.4 is 0 Å². The van der Waals surface area contributed by atoms with Gasteiger partial charge in [0.25, 0.3) is 5.91 Å². The van der Waals surface area contributed by atoms with Crippen molar-refractivity contribution in [1.82, 2.24) is 15.1 Å². The van der Waals surface area contributed by atoms with Gasteiger partial charge in [-0.25, -0.2) is 0 Å². The molecule has 1 atom stereocenters. The molecule has 0 saturated heterocycles. The number of hydrogen-bond donors (Lipinski definition) is 2. The lowest BCUT2D eigenvalue weighted by molar-refractivity contribution is 0.0763. The van der Waals surface area contributed by atoms with Crippen molar-refractivity contribution in [3.05, 3.63) is 18.0 Å². The van der Waals surface area contributed by atoms with Crippen LogP contribution in [0.3, 0.4) is 0 Å². The van der Waals surface area contributed by atoms with Gasteiger partial charge < -0.3 is 10.0 Å². The summed E-state index contributed by atoms with van der Waals surface area (Å²) in [4.78, 5) is 13.1. The molecule has 0 aliphatic heterocycles. The van der Waals surface area contributed by atoms with Crippen molar-refractivity contribution in [3.63, 3.8) is 0 Å². The third kappa shape index (κ3) is 2.85. The minimum absolute atomic E-state index is 0.108. The average Bonchev–Trinajstić information content (AvgIpc) is 2.65. The fourth-order valence-corrected chi connectivity index (χ4v) is 1.06. The van der Waals surface area contributed by atoms with Gasteiger partial charge in [-0.2, -0.15) is 5.10 Å². The van der Waals surface area contributed by atoms with Crippen molar-refractivity contribution >= 4 is 5.91 Å². The second-order valence-electron chi connectivity index (χ2n) is 3.33. The molecule has 0 aliphatic rings. The third-order valence-corrected chi connectivity index (χ3v) is 1.96. The molecule has 1 aromatic rings. The maximum atomic E-state index is 11.6. The van der Waals surface area contributed by atoms with Crippen molar-refractivity contribution in [2.24, 2.45) is 0 Å². The lowest BCUT2D eigenvalue weighted by Crippen LogP contribution is -2.29. The molecule has 1 amide bonds. The summed E-state index contributed by atoms with van der Waals surface area (Å²) < 4.78 is 0. The molecular weight excluding hydrogens is 182 g/mol. The maximum absolute atomic E-state index is 11.6. The first-order valence-corrected chi connectivity index (χ1v) is 4.54. The Labute approximate surface area is 82.7 Å². The molecule has 78 valence electrons. The highest BCUT2D eigenvalue weighted by Crippen LogP contribution is 2.00. The highest BCUT2D eigenvalue weighted by atomic mass is 16.3. The van der Waals surface area contributed by atoms with Crippen molar-refractivity contribution in [3.8, 4) is 0 Å². The number of aromatic nitrogens is 2. The molecule has 0 bridgehead atoms. The van der Waals surface area contributed by atoms with Crippen molar-refractivity contribution in [2.75, 3.05) is 13.6 Å². The summed E-state index contributed by atoms with van der Waals surface area (Å²) in [6.45, 7) is 2.24. The molecule has 1 unspecified atom stereocenters. The summed E-state index contributed by atoms with van der Waals surface area (Å²) in [5.41, 5.74) is 0.470. The molecule has 5 nitrogen and oxygen atoms in total. The fourth-order valence-electron chi connectivity index (χ4n) is 1.06. The summed E-state index contributed by atoms with van der Waals surface area (Å²) in [6, 6.07) is 1.63. The Morgan fingerprint density at radius 3 is 3.00 bits per heavy atom. The number of rotatable bonds is 4. The van der Waals surface area contributed by atoms with Gasteiger partial charge in [-0.05, 0) is 19.4 Å². The van der Waals surface area contributed by atoms with Crippen molar-refractivity contribution in [2.45, 2.75) is 19.4 Å². The Bertz CT molecular complexity index is 282. The van der Waals surface area contributed by atoms with Crippen molar-refractivity contribution in [1.29, 1.82) is 0 Å². The van der Waals surface area contributed by atoms with E-state index in [0.29, 0.717) is 18.7 Å². The highest BCUT2D eigenvalue weighted by Gasteiger charge is 2.12. The molecule has 1 rings (SSSR count). The monoisotopic (exact) mass is 197 g/mol. The molecule has 0 aliphatic carbocycles. The fraction of sp³-hybridized carbons (Fsp3) is 0.556. The zero-order valence-electron chi connectivity index (χ0n) is 8.40. The zero-order chi connectivity index (χ0) is 10.6. The SMILES string of the molecule is CC(O)CCN(C)C(=O)c1ccn[nH]1. The minimum atomic E-state index is -0.382. The molecule has 1 aromatic heterocycles. The number of aliphatic hydroxyl groups is 1. The summed E-state index contributed by atoms with van der Waals surface area (Å²) in [7, 11) is 1.70. The zero-order valence-corrected chi connectivity index (χ0v) is 8.40. The number of amides is 1. The summed E-state index contributed by atoms with van der Waals surface area (Å²) in [6.07, 6.45) is 1.73.